The zero-order valence-electron chi connectivity index (χ0n) is 16.1. The SMILES string of the molecule is C.C1=CC(c2ccc3ccccc3c2)COC1.OB(O)c1ccc2ccccc2c1. The first kappa shape index (κ1) is 21.8. The molecule has 4 aromatic rings. The van der Waals surface area contributed by atoms with E-state index in [0.29, 0.717) is 11.4 Å². The van der Waals surface area contributed by atoms with Gasteiger partial charge in [0, 0.05) is 5.92 Å². The van der Waals surface area contributed by atoms with Gasteiger partial charge in [0.1, 0.15) is 0 Å². The van der Waals surface area contributed by atoms with E-state index in [-0.39, 0.29) is 7.43 Å². The van der Waals surface area contributed by atoms with Gasteiger partial charge in [0.2, 0.25) is 0 Å². The van der Waals surface area contributed by atoms with Crippen molar-refractivity contribution in [1.82, 2.24) is 0 Å². The van der Waals surface area contributed by atoms with Gasteiger partial charge in [-0.2, -0.15) is 0 Å². The van der Waals surface area contributed by atoms with E-state index in [1.165, 1.54) is 16.3 Å². The van der Waals surface area contributed by atoms with Gasteiger partial charge in [-0.3, -0.25) is 0 Å². The molecule has 3 nitrogen and oxygen atoms in total. The van der Waals surface area contributed by atoms with Gasteiger partial charge in [-0.05, 0) is 32.6 Å². The summed E-state index contributed by atoms with van der Waals surface area (Å²) in [5, 5.41) is 22.6. The van der Waals surface area contributed by atoms with Crippen LogP contribution in [-0.4, -0.2) is 30.4 Å². The highest BCUT2D eigenvalue weighted by molar-refractivity contribution is 6.58. The molecule has 0 aliphatic carbocycles. The lowest BCUT2D eigenvalue weighted by Crippen LogP contribution is -2.29. The summed E-state index contributed by atoms with van der Waals surface area (Å²) in [5.74, 6) is 0.415. The maximum absolute atomic E-state index is 8.94. The minimum absolute atomic E-state index is 0. The first-order valence-electron chi connectivity index (χ1n) is 9.79. The molecule has 1 atom stereocenters. The van der Waals surface area contributed by atoms with Gasteiger partial charge >= 0.3 is 7.12 Å². The van der Waals surface area contributed by atoms with Crippen LogP contribution in [0.5, 0.6) is 0 Å². The number of hydrogen-bond acceptors (Lipinski definition) is 3. The standard InChI is InChI=1S/C15H14O.C10H9BO2.CH4/c1-2-5-13-10-14(8-7-12(13)4-1)15-6-3-9-16-11-15;12-11(13)10-6-5-8-3-1-2-4-9(8)7-10;/h1-8,10,15H,9,11H2;1-7,12-13H;1H4. The number of benzene rings is 4. The Morgan fingerprint density at radius 1 is 0.733 bits per heavy atom. The molecule has 1 heterocycles. The molecule has 0 saturated heterocycles. The second-order valence-corrected chi connectivity index (χ2v) is 7.16. The third-order valence-corrected chi connectivity index (χ3v) is 5.15. The van der Waals surface area contributed by atoms with Crippen LogP contribution in [-0.2, 0) is 4.74 Å². The van der Waals surface area contributed by atoms with Crippen LogP contribution in [0.15, 0.2) is 97.1 Å². The summed E-state index contributed by atoms with van der Waals surface area (Å²) >= 11 is 0. The van der Waals surface area contributed by atoms with Gasteiger partial charge in [0.15, 0.2) is 0 Å². The van der Waals surface area contributed by atoms with Crippen LogP contribution in [0.2, 0.25) is 0 Å². The molecule has 152 valence electrons. The Balaban J connectivity index is 0.000000169. The van der Waals surface area contributed by atoms with E-state index >= 15 is 0 Å². The molecular weight excluding hydrogens is 371 g/mol. The smallest absolute Gasteiger partial charge is 0.423 e. The van der Waals surface area contributed by atoms with Gasteiger partial charge in [-0.25, -0.2) is 0 Å². The molecule has 0 saturated carbocycles. The molecule has 0 spiro atoms. The Hall–Kier alpha value is -2.92. The Bertz CT molecular complexity index is 1140. The predicted octanol–water partition coefficient (Wildman–Crippen LogP) is 4.67. The molecule has 1 unspecified atom stereocenters. The summed E-state index contributed by atoms with van der Waals surface area (Å²) in [7, 11) is -1.38. The molecular formula is C26H27BO3. The number of rotatable bonds is 2. The van der Waals surface area contributed by atoms with Crippen molar-refractivity contribution in [3.8, 4) is 0 Å². The number of ether oxygens (including phenoxy) is 1. The zero-order valence-corrected chi connectivity index (χ0v) is 16.1. The van der Waals surface area contributed by atoms with Crippen LogP contribution in [0.1, 0.15) is 18.9 Å². The van der Waals surface area contributed by atoms with Crippen molar-refractivity contribution in [2.75, 3.05) is 13.2 Å². The second kappa shape index (κ2) is 10.2. The summed E-state index contributed by atoms with van der Waals surface area (Å²) in [6.07, 6.45) is 4.34. The fraction of sp³-hybridized carbons (Fsp3) is 0.154. The number of fused-ring (bicyclic) bond motifs is 2. The first-order chi connectivity index (χ1) is 14.2. The van der Waals surface area contributed by atoms with E-state index in [2.05, 4.69) is 54.6 Å². The summed E-state index contributed by atoms with van der Waals surface area (Å²) < 4.78 is 5.46. The van der Waals surface area contributed by atoms with Crippen LogP contribution in [0.3, 0.4) is 0 Å². The Kier molecular flexibility index (Phi) is 7.42. The van der Waals surface area contributed by atoms with Crippen LogP contribution < -0.4 is 5.46 Å². The molecule has 5 rings (SSSR count). The van der Waals surface area contributed by atoms with Crippen molar-refractivity contribution in [2.45, 2.75) is 13.3 Å². The summed E-state index contributed by atoms with van der Waals surface area (Å²) in [4.78, 5) is 0. The highest BCUT2D eigenvalue weighted by atomic mass is 16.5. The van der Waals surface area contributed by atoms with Crippen LogP contribution >= 0.6 is 0 Å². The quantitative estimate of drug-likeness (QED) is 0.381. The maximum Gasteiger partial charge on any atom is 0.488 e. The highest BCUT2D eigenvalue weighted by Crippen LogP contribution is 2.24. The maximum atomic E-state index is 8.94. The van der Waals surface area contributed by atoms with E-state index in [4.69, 9.17) is 14.8 Å². The highest BCUT2D eigenvalue weighted by Gasteiger charge is 2.11. The molecule has 4 aromatic carbocycles. The number of hydrogen-bond donors (Lipinski definition) is 2. The average Bonchev–Trinajstić information content (AvgIpc) is 2.79. The lowest BCUT2D eigenvalue weighted by atomic mass is 9.79. The van der Waals surface area contributed by atoms with Crippen LogP contribution in [0.25, 0.3) is 21.5 Å². The molecule has 0 aromatic heterocycles. The average molecular weight is 398 g/mol. The third kappa shape index (κ3) is 5.16. The van der Waals surface area contributed by atoms with Gasteiger partial charge in [-0.1, -0.05) is 105 Å². The lowest BCUT2D eigenvalue weighted by Gasteiger charge is -2.17. The van der Waals surface area contributed by atoms with E-state index < -0.39 is 7.12 Å². The normalized spacial score (nSPS) is 15.2. The van der Waals surface area contributed by atoms with Gasteiger partial charge in [0.25, 0.3) is 0 Å². The molecule has 0 radical (unpaired) electrons. The summed E-state index contributed by atoms with van der Waals surface area (Å²) in [5.41, 5.74) is 1.87. The fourth-order valence-corrected chi connectivity index (χ4v) is 3.55. The molecule has 0 amide bonds. The zero-order chi connectivity index (χ0) is 20.1. The first-order valence-corrected chi connectivity index (χ1v) is 9.79. The van der Waals surface area contributed by atoms with Crippen molar-refractivity contribution < 1.29 is 14.8 Å². The van der Waals surface area contributed by atoms with Crippen molar-refractivity contribution in [2.24, 2.45) is 0 Å². The van der Waals surface area contributed by atoms with E-state index in [9.17, 15) is 0 Å². The summed E-state index contributed by atoms with van der Waals surface area (Å²) in [6.45, 7) is 1.55. The molecule has 30 heavy (non-hydrogen) atoms. The van der Waals surface area contributed by atoms with E-state index in [0.717, 1.165) is 24.0 Å². The van der Waals surface area contributed by atoms with E-state index in [1.54, 1.807) is 12.1 Å². The summed E-state index contributed by atoms with van der Waals surface area (Å²) in [6, 6.07) is 28.3. The molecule has 0 fully saturated rings. The lowest BCUT2D eigenvalue weighted by molar-refractivity contribution is 0.146. The van der Waals surface area contributed by atoms with Crippen molar-refractivity contribution in [1.29, 1.82) is 0 Å². The van der Waals surface area contributed by atoms with E-state index in [1.807, 2.05) is 30.3 Å². The minimum Gasteiger partial charge on any atom is -0.423 e. The molecule has 1 aliphatic heterocycles. The topological polar surface area (TPSA) is 49.7 Å². The van der Waals surface area contributed by atoms with Gasteiger partial charge in [0.05, 0.1) is 13.2 Å². The van der Waals surface area contributed by atoms with Gasteiger partial charge < -0.3 is 14.8 Å². The minimum atomic E-state index is -1.38. The molecule has 1 aliphatic rings. The Morgan fingerprint density at radius 2 is 1.33 bits per heavy atom. The van der Waals surface area contributed by atoms with Gasteiger partial charge in [-0.15, -0.1) is 0 Å². The Morgan fingerprint density at radius 3 is 1.93 bits per heavy atom. The van der Waals surface area contributed by atoms with Crippen LogP contribution in [0.4, 0.5) is 0 Å². The fourth-order valence-electron chi connectivity index (χ4n) is 3.55. The molecule has 2 N–H and O–H groups in total. The van der Waals surface area contributed by atoms with Crippen molar-refractivity contribution in [3.05, 3.63) is 103 Å². The largest absolute Gasteiger partial charge is 0.488 e. The second-order valence-electron chi connectivity index (χ2n) is 7.16. The molecule has 0 bridgehead atoms. The third-order valence-electron chi connectivity index (χ3n) is 5.15. The van der Waals surface area contributed by atoms with Crippen molar-refractivity contribution >= 4 is 34.1 Å². The van der Waals surface area contributed by atoms with Crippen LogP contribution in [0, 0.1) is 0 Å². The Labute approximate surface area is 178 Å². The molecule has 4 heteroatoms. The van der Waals surface area contributed by atoms with Crippen molar-refractivity contribution in [3.63, 3.8) is 0 Å². The predicted molar refractivity (Wildman–Crippen MR) is 127 cm³/mol. The monoisotopic (exact) mass is 398 g/mol.